The molecular weight excluding hydrogens is 328 g/mol. The lowest BCUT2D eigenvalue weighted by molar-refractivity contribution is -0.123. The predicted molar refractivity (Wildman–Crippen MR) is 103 cm³/mol. The monoisotopic (exact) mass is 348 g/mol. The number of fused-ring (bicyclic) bond motifs is 1. The molecule has 3 rings (SSSR count). The van der Waals surface area contributed by atoms with Gasteiger partial charge in [0.15, 0.2) is 6.61 Å². The zero-order valence-corrected chi connectivity index (χ0v) is 14.7. The Balaban J connectivity index is 1.65. The first-order chi connectivity index (χ1) is 12.7. The molecule has 3 aromatic rings. The molecule has 0 aliphatic carbocycles. The molecule has 0 bridgehead atoms. The smallest absolute Gasteiger partial charge is 0.277 e. The zero-order valence-electron chi connectivity index (χ0n) is 14.7. The van der Waals surface area contributed by atoms with E-state index in [1.165, 1.54) is 0 Å². The fraction of sp³-hybridized carbons (Fsp3) is 0.143. The maximum absolute atomic E-state index is 11.9. The SMILES string of the molecule is COc1ccc2ccccc2c1/C=N\NC(=O)COc1ccc(C)cc1. The lowest BCUT2D eigenvalue weighted by atomic mass is 10.0. The number of carbonyl (C=O) groups is 1. The van der Waals surface area contributed by atoms with Crippen LogP contribution in [-0.2, 0) is 4.79 Å². The van der Waals surface area contributed by atoms with Crippen molar-refractivity contribution in [3.05, 3.63) is 71.8 Å². The average molecular weight is 348 g/mol. The van der Waals surface area contributed by atoms with Crippen LogP contribution >= 0.6 is 0 Å². The van der Waals surface area contributed by atoms with Gasteiger partial charge < -0.3 is 9.47 Å². The van der Waals surface area contributed by atoms with Gasteiger partial charge in [-0.05, 0) is 35.9 Å². The second-order valence-corrected chi connectivity index (χ2v) is 5.80. The van der Waals surface area contributed by atoms with Crippen molar-refractivity contribution >= 4 is 22.9 Å². The van der Waals surface area contributed by atoms with Crippen LogP contribution < -0.4 is 14.9 Å². The van der Waals surface area contributed by atoms with Gasteiger partial charge in [-0.1, -0.05) is 48.0 Å². The third-order valence-corrected chi connectivity index (χ3v) is 3.92. The lowest BCUT2D eigenvalue weighted by Crippen LogP contribution is -2.24. The molecule has 26 heavy (non-hydrogen) atoms. The minimum absolute atomic E-state index is 0.104. The molecule has 0 heterocycles. The largest absolute Gasteiger partial charge is 0.496 e. The van der Waals surface area contributed by atoms with Crippen LogP contribution in [0, 0.1) is 6.92 Å². The quantitative estimate of drug-likeness (QED) is 0.546. The number of methoxy groups -OCH3 is 1. The number of hydrogen-bond acceptors (Lipinski definition) is 4. The Morgan fingerprint density at radius 1 is 1.08 bits per heavy atom. The van der Waals surface area contributed by atoms with Crippen LogP contribution in [0.15, 0.2) is 65.8 Å². The van der Waals surface area contributed by atoms with Gasteiger partial charge in [0, 0.05) is 5.56 Å². The van der Waals surface area contributed by atoms with Crippen molar-refractivity contribution in [1.29, 1.82) is 0 Å². The van der Waals surface area contributed by atoms with E-state index in [0.29, 0.717) is 11.5 Å². The van der Waals surface area contributed by atoms with Crippen LogP contribution in [0.1, 0.15) is 11.1 Å². The van der Waals surface area contributed by atoms with E-state index in [0.717, 1.165) is 21.9 Å². The van der Waals surface area contributed by atoms with Gasteiger partial charge in [-0.2, -0.15) is 5.10 Å². The van der Waals surface area contributed by atoms with Crippen molar-refractivity contribution in [3.8, 4) is 11.5 Å². The normalized spacial score (nSPS) is 10.8. The molecule has 1 amide bonds. The van der Waals surface area contributed by atoms with Gasteiger partial charge >= 0.3 is 0 Å². The molecule has 0 atom stereocenters. The van der Waals surface area contributed by atoms with E-state index in [4.69, 9.17) is 9.47 Å². The summed E-state index contributed by atoms with van der Waals surface area (Å²) >= 11 is 0. The summed E-state index contributed by atoms with van der Waals surface area (Å²) in [5.74, 6) is 1.00. The highest BCUT2D eigenvalue weighted by molar-refractivity contribution is 6.02. The number of hydrogen-bond donors (Lipinski definition) is 1. The fourth-order valence-corrected chi connectivity index (χ4v) is 2.57. The molecule has 0 aliphatic heterocycles. The first kappa shape index (κ1) is 17.5. The summed E-state index contributed by atoms with van der Waals surface area (Å²) in [7, 11) is 1.61. The number of nitrogens with zero attached hydrogens (tertiary/aromatic N) is 1. The molecule has 5 nitrogen and oxygen atoms in total. The number of hydrazone groups is 1. The van der Waals surface area contributed by atoms with Gasteiger partial charge in [0.05, 0.1) is 13.3 Å². The highest BCUT2D eigenvalue weighted by atomic mass is 16.5. The van der Waals surface area contributed by atoms with Crippen LogP contribution in [0.3, 0.4) is 0 Å². The Hall–Kier alpha value is -3.34. The number of rotatable bonds is 6. The maximum atomic E-state index is 11.9. The average Bonchev–Trinajstić information content (AvgIpc) is 2.67. The van der Waals surface area contributed by atoms with Crippen molar-refractivity contribution in [2.45, 2.75) is 6.92 Å². The topological polar surface area (TPSA) is 59.9 Å². The molecule has 0 unspecified atom stereocenters. The lowest BCUT2D eigenvalue weighted by Gasteiger charge is -2.08. The molecule has 0 aliphatic rings. The van der Waals surface area contributed by atoms with Crippen LogP contribution in [0.25, 0.3) is 10.8 Å². The Morgan fingerprint density at radius 2 is 1.85 bits per heavy atom. The van der Waals surface area contributed by atoms with Crippen LogP contribution in [0.2, 0.25) is 0 Å². The van der Waals surface area contributed by atoms with E-state index in [1.54, 1.807) is 13.3 Å². The first-order valence-corrected chi connectivity index (χ1v) is 8.24. The highest BCUT2D eigenvalue weighted by Crippen LogP contribution is 2.26. The summed E-state index contributed by atoms with van der Waals surface area (Å²) in [6.45, 7) is 1.89. The Bertz CT molecular complexity index is 934. The third-order valence-electron chi connectivity index (χ3n) is 3.92. The van der Waals surface area contributed by atoms with E-state index < -0.39 is 0 Å². The molecule has 1 N–H and O–H groups in total. The molecule has 0 fully saturated rings. The van der Waals surface area contributed by atoms with Crippen molar-refractivity contribution in [2.24, 2.45) is 5.10 Å². The molecule has 0 saturated heterocycles. The standard InChI is InChI=1S/C21H20N2O3/c1-15-7-10-17(11-8-15)26-14-21(24)23-22-13-19-18-6-4-3-5-16(18)9-12-20(19)25-2/h3-13H,14H2,1-2H3,(H,23,24)/b22-13-. The van der Waals surface area contributed by atoms with Crippen molar-refractivity contribution in [1.82, 2.24) is 5.43 Å². The van der Waals surface area contributed by atoms with Crippen LogP contribution in [0.4, 0.5) is 0 Å². The van der Waals surface area contributed by atoms with Crippen LogP contribution in [-0.4, -0.2) is 25.8 Å². The first-order valence-electron chi connectivity index (χ1n) is 8.24. The number of benzene rings is 3. The molecule has 5 heteroatoms. The second-order valence-electron chi connectivity index (χ2n) is 5.80. The second kappa shape index (κ2) is 8.16. The van der Waals surface area contributed by atoms with E-state index in [-0.39, 0.29) is 12.5 Å². The molecule has 0 spiro atoms. The minimum Gasteiger partial charge on any atom is -0.496 e. The summed E-state index contributed by atoms with van der Waals surface area (Å²) in [4.78, 5) is 11.9. The number of ether oxygens (including phenoxy) is 2. The summed E-state index contributed by atoms with van der Waals surface area (Å²) in [5, 5.41) is 6.12. The Morgan fingerprint density at radius 3 is 2.62 bits per heavy atom. The predicted octanol–water partition coefficient (Wildman–Crippen LogP) is 3.69. The van der Waals surface area contributed by atoms with E-state index in [9.17, 15) is 4.79 Å². The summed E-state index contributed by atoms with van der Waals surface area (Å²) in [6.07, 6.45) is 1.59. The molecule has 0 saturated carbocycles. The van der Waals surface area contributed by atoms with Gasteiger partial charge in [0.1, 0.15) is 11.5 Å². The summed E-state index contributed by atoms with van der Waals surface area (Å²) < 4.78 is 10.8. The third kappa shape index (κ3) is 4.19. The van der Waals surface area contributed by atoms with E-state index >= 15 is 0 Å². The van der Waals surface area contributed by atoms with Gasteiger partial charge in [-0.3, -0.25) is 4.79 Å². The van der Waals surface area contributed by atoms with Crippen LogP contribution in [0.5, 0.6) is 11.5 Å². The highest BCUT2D eigenvalue weighted by Gasteiger charge is 2.06. The Kier molecular flexibility index (Phi) is 5.49. The number of nitrogens with one attached hydrogen (secondary N) is 1. The molecule has 132 valence electrons. The minimum atomic E-state index is -0.332. The Labute approximate surface area is 152 Å². The van der Waals surface area contributed by atoms with Crippen molar-refractivity contribution < 1.29 is 14.3 Å². The molecule has 0 radical (unpaired) electrons. The number of amides is 1. The van der Waals surface area contributed by atoms with E-state index in [2.05, 4.69) is 10.5 Å². The maximum Gasteiger partial charge on any atom is 0.277 e. The number of aryl methyl sites for hydroxylation is 1. The summed E-state index contributed by atoms with van der Waals surface area (Å²) in [5.41, 5.74) is 4.42. The number of carbonyl (C=O) groups excluding carboxylic acids is 1. The van der Waals surface area contributed by atoms with Crippen molar-refractivity contribution in [2.75, 3.05) is 13.7 Å². The van der Waals surface area contributed by atoms with E-state index in [1.807, 2.05) is 67.6 Å². The van der Waals surface area contributed by atoms with Gasteiger partial charge in [-0.15, -0.1) is 0 Å². The van der Waals surface area contributed by atoms with Gasteiger partial charge in [-0.25, -0.2) is 5.43 Å². The molecule has 0 aromatic heterocycles. The molecule has 3 aromatic carbocycles. The zero-order chi connectivity index (χ0) is 18.4. The molecular formula is C21H20N2O3. The summed E-state index contributed by atoms with van der Waals surface area (Å²) in [6, 6.07) is 19.3. The van der Waals surface area contributed by atoms with Gasteiger partial charge in [0.2, 0.25) is 0 Å². The van der Waals surface area contributed by atoms with Gasteiger partial charge in [0.25, 0.3) is 5.91 Å². The van der Waals surface area contributed by atoms with Crippen molar-refractivity contribution in [3.63, 3.8) is 0 Å². The fourth-order valence-electron chi connectivity index (χ4n) is 2.57.